The third-order valence-corrected chi connectivity index (χ3v) is 4.82. The lowest BCUT2D eigenvalue weighted by Crippen LogP contribution is -2.31. The third kappa shape index (κ3) is 3.44. The molecule has 2 aromatic rings. The van der Waals surface area contributed by atoms with Gasteiger partial charge in [0.25, 0.3) is 0 Å². The maximum atomic E-state index is 12.0. The van der Waals surface area contributed by atoms with Gasteiger partial charge < -0.3 is 15.7 Å². The second-order valence-corrected chi connectivity index (χ2v) is 6.96. The van der Waals surface area contributed by atoms with Crippen molar-refractivity contribution in [2.75, 3.05) is 5.32 Å². The minimum Gasteiger partial charge on any atom is -0.506 e. The lowest BCUT2D eigenvalue weighted by atomic mass is 10.1. The first-order chi connectivity index (χ1) is 10.5. The van der Waals surface area contributed by atoms with E-state index in [0.717, 1.165) is 6.42 Å². The Balaban J connectivity index is 1.58. The van der Waals surface area contributed by atoms with Gasteiger partial charge in [0.1, 0.15) is 5.75 Å². The van der Waals surface area contributed by atoms with Crippen molar-refractivity contribution < 1.29 is 9.90 Å². The average molecular weight is 426 g/mol. The number of anilines is 1. The number of urea groups is 1. The number of carbonyl (C=O) groups excluding carboxylic acids is 1. The molecule has 2 unspecified atom stereocenters. The number of phenols is 1. The Kier molecular flexibility index (Phi) is 4.40. The van der Waals surface area contributed by atoms with Gasteiger partial charge in [-0.15, -0.1) is 0 Å². The second kappa shape index (κ2) is 6.30. The molecule has 1 aliphatic rings. The highest BCUT2D eigenvalue weighted by atomic mass is 79.9. The van der Waals surface area contributed by atoms with E-state index in [-0.39, 0.29) is 17.8 Å². The van der Waals surface area contributed by atoms with Crippen molar-refractivity contribution in [3.8, 4) is 5.75 Å². The number of halogens is 2. The lowest BCUT2D eigenvalue weighted by molar-refractivity contribution is 0.251. The zero-order valence-electron chi connectivity index (χ0n) is 11.5. The number of rotatable bonds is 3. The number of benzene rings is 2. The molecule has 0 aromatic heterocycles. The maximum absolute atomic E-state index is 12.0. The summed E-state index contributed by atoms with van der Waals surface area (Å²) in [5.74, 6) is 0.502. The molecule has 0 aliphatic heterocycles. The van der Waals surface area contributed by atoms with E-state index in [2.05, 4.69) is 54.6 Å². The van der Waals surface area contributed by atoms with E-state index in [9.17, 15) is 9.90 Å². The molecule has 0 spiro atoms. The lowest BCUT2D eigenvalue weighted by Gasteiger charge is -2.09. The Labute approximate surface area is 145 Å². The molecule has 1 saturated carbocycles. The molecular formula is C16H14Br2N2O2. The summed E-state index contributed by atoms with van der Waals surface area (Å²) in [5, 5.41) is 15.4. The van der Waals surface area contributed by atoms with Crippen LogP contribution in [0.1, 0.15) is 17.9 Å². The van der Waals surface area contributed by atoms with Crippen molar-refractivity contribution >= 4 is 43.6 Å². The topological polar surface area (TPSA) is 61.4 Å². The van der Waals surface area contributed by atoms with E-state index in [1.807, 2.05) is 18.2 Å². The summed E-state index contributed by atoms with van der Waals surface area (Å²) in [7, 11) is 0. The van der Waals surface area contributed by atoms with Gasteiger partial charge in [0.05, 0.1) is 8.95 Å². The van der Waals surface area contributed by atoms with E-state index in [1.165, 1.54) is 5.56 Å². The molecular weight excluding hydrogens is 412 g/mol. The van der Waals surface area contributed by atoms with Gasteiger partial charge in [0.2, 0.25) is 0 Å². The van der Waals surface area contributed by atoms with E-state index in [0.29, 0.717) is 20.6 Å². The average Bonchev–Trinajstić information content (AvgIpc) is 3.24. The molecule has 2 amide bonds. The minimum absolute atomic E-state index is 0.109. The minimum atomic E-state index is -0.243. The summed E-state index contributed by atoms with van der Waals surface area (Å²) < 4.78 is 1.04. The molecule has 0 bridgehead atoms. The molecule has 0 heterocycles. The van der Waals surface area contributed by atoms with Crippen LogP contribution in [0.15, 0.2) is 51.4 Å². The number of hydrogen-bond acceptors (Lipinski definition) is 2. The monoisotopic (exact) mass is 424 g/mol. The number of nitrogens with one attached hydrogen (secondary N) is 2. The largest absolute Gasteiger partial charge is 0.506 e. The van der Waals surface area contributed by atoms with Crippen LogP contribution < -0.4 is 10.6 Å². The Morgan fingerprint density at radius 3 is 2.41 bits per heavy atom. The van der Waals surface area contributed by atoms with Crippen LogP contribution in [0, 0.1) is 0 Å². The van der Waals surface area contributed by atoms with Crippen LogP contribution in [-0.2, 0) is 0 Å². The summed E-state index contributed by atoms with van der Waals surface area (Å²) in [4.78, 5) is 12.0. The van der Waals surface area contributed by atoms with Crippen molar-refractivity contribution in [2.24, 2.45) is 0 Å². The smallest absolute Gasteiger partial charge is 0.319 e. The van der Waals surface area contributed by atoms with Gasteiger partial charge in [0.15, 0.2) is 0 Å². The van der Waals surface area contributed by atoms with E-state index in [4.69, 9.17) is 0 Å². The van der Waals surface area contributed by atoms with Crippen LogP contribution >= 0.6 is 31.9 Å². The first kappa shape index (κ1) is 15.4. The van der Waals surface area contributed by atoms with Gasteiger partial charge >= 0.3 is 6.03 Å². The van der Waals surface area contributed by atoms with Crippen molar-refractivity contribution in [2.45, 2.75) is 18.4 Å². The first-order valence-corrected chi connectivity index (χ1v) is 8.43. The van der Waals surface area contributed by atoms with E-state index in [1.54, 1.807) is 12.1 Å². The molecule has 3 N–H and O–H groups in total. The highest BCUT2D eigenvalue weighted by Crippen LogP contribution is 2.40. The van der Waals surface area contributed by atoms with Crippen molar-refractivity contribution in [1.29, 1.82) is 0 Å². The Hall–Kier alpha value is -1.53. The molecule has 2 aromatic carbocycles. The van der Waals surface area contributed by atoms with Gasteiger partial charge in [-0.25, -0.2) is 4.79 Å². The molecule has 1 aliphatic carbocycles. The summed E-state index contributed by atoms with van der Waals surface area (Å²) >= 11 is 6.48. The van der Waals surface area contributed by atoms with Crippen LogP contribution in [-0.4, -0.2) is 17.2 Å². The van der Waals surface area contributed by atoms with E-state index < -0.39 is 0 Å². The predicted molar refractivity (Wildman–Crippen MR) is 93.2 cm³/mol. The van der Waals surface area contributed by atoms with Gasteiger partial charge in [-0.2, -0.15) is 0 Å². The van der Waals surface area contributed by atoms with Gasteiger partial charge in [-0.1, -0.05) is 30.3 Å². The van der Waals surface area contributed by atoms with Crippen LogP contribution in [0.2, 0.25) is 0 Å². The standard InChI is InChI=1S/C16H14Br2N2O2/c17-12-6-10(7-13(18)15(12)21)19-16(22)20-14-8-11(14)9-4-2-1-3-5-9/h1-7,11,14,21H,8H2,(H2,19,20,22). The third-order valence-electron chi connectivity index (χ3n) is 3.61. The Bertz CT molecular complexity index is 684. The summed E-state index contributed by atoms with van der Waals surface area (Å²) in [6.07, 6.45) is 0.959. The molecule has 6 heteroatoms. The zero-order valence-corrected chi connectivity index (χ0v) is 14.7. The number of aromatic hydroxyl groups is 1. The highest BCUT2D eigenvalue weighted by Gasteiger charge is 2.39. The van der Waals surface area contributed by atoms with Gasteiger partial charge in [-0.3, -0.25) is 0 Å². The summed E-state index contributed by atoms with van der Waals surface area (Å²) in [6.45, 7) is 0. The Morgan fingerprint density at radius 1 is 1.14 bits per heavy atom. The maximum Gasteiger partial charge on any atom is 0.319 e. The quantitative estimate of drug-likeness (QED) is 0.629. The number of phenolic OH excluding ortho intramolecular Hbond substituents is 1. The number of carbonyl (C=O) groups is 1. The fraction of sp³-hybridized carbons (Fsp3) is 0.188. The fourth-order valence-electron chi connectivity index (χ4n) is 2.40. The fourth-order valence-corrected chi connectivity index (χ4v) is 3.58. The van der Waals surface area contributed by atoms with E-state index >= 15 is 0 Å². The van der Waals surface area contributed by atoms with Gasteiger partial charge in [-0.05, 0) is 56.0 Å². The molecule has 0 radical (unpaired) electrons. The zero-order chi connectivity index (χ0) is 15.7. The molecule has 1 fully saturated rings. The molecule has 3 rings (SSSR count). The summed E-state index contributed by atoms with van der Waals surface area (Å²) in [6, 6.07) is 13.4. The van der Waals surface area contributed by atoms with Crippen LogP contribution in [0.4, 0.5) is 10.5 Å². The van der Waals surface area contributed by atoms with Gasteiger partial charge in [0, 0.05) is 17.6 Å². The van der Waals surface area contributed by atoms with Crippen LogP contribution in [0.5, 0.6) is 5.75 Å². The van der Waals surface area contributed by atoms with Crippen molar-refractivity contribution in [3.63, 3.8) is 0 Å². The number of hydrogen-bond donors (Lipinski definition) is 3. The Morgan fingerprint density at radius 2 is 1.77 bits per heavy atom. The summed E-state index contributed by atoms with van der Waals surface area (Å²) in [5.41, 5.74) is 1.86. The second-order valence-electron chi connectivity index (χ2n) is 5.25. The predicted octanol–water partition coefficient (Wildman–Crippen LogP) is 4.59. The molecule has 114 valence electrons. The van der Waals surface area contributed by atoms with Crippen molar-refractivity contribution in [1.82, 2.24) is 5.32 Å². The van der Waals surface area contributed by atoms with Crippen LogP contribution in [0.3, 0.4) is 0 Å². The highest BCUT2D eigenvalue weighted by molar-refractivity contribution is 9.11. The first-order valence-electron chi connectivity index (χ1n) is 6.85. The molecule has 4 nitrogen and oxygen atoms in total. The molecule has 0 saturated heterocycles. The SMILES string of the molecule is O=C(Nc1cc(Br)c(O)c(Br)c1)NC1CC1c1ccccc1. The number of amides is 2. The van der Waals surface area contributed by atoms with Crippen molar-refractivity contribution in [3.05, 3.63) is 57.0 Å². The molecule has 22 heavy (non-hydrogen) atoms. The molecule has 2 atom stereocenters. The van der Waals surface area contributed by atoms with Crippen LogP contribution in [0.25, 0.3) is 0 Å². The normalized spacial score (nSPS) is 19.5.